The second-order valence-electron chi connectivity index (χ2n) is 12.6. The molecule has 0 spiro atoms. The predicted octanol–water partition coefficient (Wildman–Crippen LogP) is 7.23. The zero-order valence-corrected chi connectivity index (χ0v) is 22.4. The van der Waals surface area contributed by atoms with Crippen LogP contribution in [0, 0.1) is 46.8 Å². The monoisotopic (exact) mass is 521 g/mol. The lowest BCUT2D eigenvalue weighted by molar-refractivity contribution is -0.274. The highest BCUT2D eigenvalue weighted by atomic mass is 19.4. The van der Waals surface area contributed by atoms with Crippen LogP contribution >= 0.6 is 0 Å². The molecule has 0 saturated heterocycles. The molecule has 0 heterocycles. The molecule has 1 amide bonds. The first-order chi connectivity index (χ1) is 17.6. The van der Waals surface area contributed by atoms with E-state index >= 15 is 0 Å². The molecule has 5 rings (SSSR count). The van der Waals surface area contributed by atoms with Crippen LogP contribution in [0.25, 0.3) is 0 Å². The topological polar surface area (TPSA) is 47.6 Å². The van der Waals surface area contributed by atoms with Crippen molar-refractivity contribution in [3.8, 4) is 5.75 Å². The molecular weight excluding hydrogens is 479 g/mol. The van der Waals surface area contributed by atoms with Crippen molar-refractivity contribution in [3.05, 3.63) is 29.8 Å². The Hall–Kier alpha value is -1.76. The Morgan fingerprint density at radius 2 is 1.76 bits per heavy atom. The van der Waals surface area contributed by atoms with E-state index in [1.54, 1.807) is 0 Å². The smallest absolute Gasteiger partial charge is 0.406 e. The van der Waals surface area contributed by atoms with Crippen molar-refractivity contribution in [3.63, 3.8) is 0 Å². The zero-order valence-electron chi connectivity index (χ0n) is 22.4. The maximum absolute atomic E-state index is 12.9. The number of methoxy groups -OCH3 is 1. The summed E-state index contributed by atoms with van der Waals surface area (Å²) in [5, 5.41) is 3.18. The van der Waals surface area contributed by atoms with Gasteiger partial charge in [0.2, 0.25) is 0 Å². The van der Waals surface area contributed by atoms with E-state index in [1.807, 2.05) is 7.11 Å². The van der Waals surface area contributed by atoms with Crippen molar-refractivity contribution in [2.75, 3.05) is 13.7 Å². The van der Waals surface area contributed by atoms with Gasteiger partial charge in [-0.15, -0.1) is 13.2 Å². The lowest BCUT2D eigenvalue weighted by atomic mass is 9.49. The first-order valence-electron chi connectivity index (χ1n) is 14.2. The summed E-state index contributed by atoms with van der Waals surface area (Å²) in [7, 11) is 1.83. The fourth-order valence-electron chi connectivity index (χ4n) is 9.40. The number of carbonyl (C=O) groups excluding carboxylic acids is 1. The minimum atomic E-state index is -4.74. The molecule has 0 aliphatic heterocycles. The number of hydrogen-bond donors (Lipinski definition) is 1. The summed E-state index contributed by atoms with van der Waals surface area (Å²) in [6, 6.07) is 5.20. The highest BCUT2D eigenvalue weighted by Gasteiger charge is 2.57. The number of benzene rings is 1. The average molecular weight is 522 g/mol. The van der Waals surface area contributed by atoms with Crippen molar-refractivity contribution in [2.24, 2.45) is 46.8 Å². The van der Waals surface area contributed by atoms with Crippen molar-refractivity contribution < 1.29 is 27.4 Å². The Balaban J connectivity index is 1.21. The molecule has 3 unspecified atom stereocenters. The van der Waals surface area contributed by atoms with Gasteiger partial charge in [-0.2, -0.15) is 0 Å². The molecule has 206 valence electrons. The summed E-state index contributed by atoms with van der Waals surface area (Å²) in [4.78, 5) is 12.9. The number of carbonyl (C=O) groups is 1. The van der Waals surface area contributed by atoms with Crippen molar-refractivity contribution in [1.29, 1.82) is 0 Å². The highest BCUT2D eigenvalue weighted by Crippen LogP contribution is 2.64. The molecule has 1 N–H and O–H groups in total. The Bertz CT molecular complexity index is 950. The lowest BCUT2D eigenvalue weighted by Gasteiger charge is -2.56. The van der Waals surface area contributed by atoms with E-state index in [2.05, 4.69) is 23.9 Å². The summed E-state index contributed by atoms with van der Waals surface area (Å²) in [6.07, 6.45) is 6.93. The quantitative estimate of drug-likeness (QED) is 0.429. The van der Waals surface area contributed by atoms with Gasteiger partial charge in [0.05, 0.1) is 0 Å². The largest absolute Gasteiger partial charge is 0.573 e. The SMILES string of the molecule is COC[C@H]1CC[C@@H]2C3CC[C@@]4(C)C(CCC4[C@H](C)NC(=O)c4ccc(OC(F)(F)F)cc4)[C@@H]3CC[C@@H]2C1. The van der Waals surface area contributed by atoms with E-state index in [0.717, 1.165) is 48.5 Å². The number of fused-ring (bicyclic) bond motifs is 5. The maximum atomic E-state index is 12.9. The summed E-state index contributed by atoms with van der Waals surface area (Å²) >= 11 is 0. The molecule has 4 aliphatic carbocycles. The highest BCUT2D eigenvalue weighted by molar-refractivity contribution is 5.94. The molecule has 0 aromatic heterocycles. The fraction of sp³-hybridized carbons (Fsp3) is 0.767. The average Bonchev–Trinajstić information content (AvgIpc) is 3.20. The molecule has 1 aromatic carbocycles. The van der Waals surface area contributed by atoms with Crippen molar-refractivity contribution >= 4 is 5.91 Å². The predicted molar refractivity (Wildman–Crippen MR) is 136 cm³/mol. The van der Waals surface area contributed by atoms with Gasteiger partial charge in [0.25, 0.3) is 5.91 Å². The van der Waals surface area contributed by atoms with Gasteiger partial charge in [-0.05, 0) is 136 Å². The number of hydrogen-bond acceptors (Lipinski definition) is 3. The van der Waals surface area contributed by atoms with Crippen LogP contribution in [-0.4, -0.2) is 32.0 Å². The number of halogens is 3. The lowest BCUT2D eigenvalue weighted by Crippen LogP contribution is -2.51. The molecule has 0 bridgehead atoms. The molecule has 4 nitrogen and oxygen atoms in total. The standard InChI is InChI=1S/C30H42F3NO3/c1-18(34-28(35)20-5-8-22(9-6-20)37-30(31,32)33)26-12-13-27-25-11-7-21-16-19(17-36-3)4-10-23(21)24(25)14-15-29(26,27)2/h5-6,8-9,18-19,21,23-27H,4,7,10-17H2,1-3H3,(H,34,35)/t18-,19-,21+,23-,24?,25+,26?,27?,29+/m0/s1. The maximum Gasteiger partial charge on any atom is 0.573 e. The van der Waals surface area contributed by atoms with Crippen LogP contribution in [0.4, 0.5) is 13.2 Å². The van der Waals surface area contributed by atoms with Gasteiger partial charge in [-0.3, -0.25) is 4.79 Å². The van der Waals surface area contributed by atoms with E-state index < -0.39 is 6.36 Å². The molecule has 37 heavy (non-hydrogen) atoms. The molecule has 7 heteroatoms. The van der Waals surface area contributed by atoms with Gasteiger partial charge in [0.15, 0.2) is 0 Å². The number of alkyl halides is 3. The Morgan fingerprint density at radius 3 is 2.46 bits per heavy atom. The van der Waals surface area contributed by atoms with E-state index in [0.29, 0.717) is 11.5 Å². The van der Waals surface area contributed by atoms with Crippen LogP contribution in [-0.2, 0) is 4.74 Å². The second-order valence-corrected chi connectivity index (χ2v) is 12.6. The molecule has 4 aliphatic rings. The van der Waals surface area contributed by atoms with Crippen LogP contribution in [0.1, 0.15) is 82.0 Å². The normalized spacial score (nSPS) is 38.2. The van der Waals surface area contributed by atoms with Gasteiger partial charge in [0.1, 0.15) is 5.75 Å². The van der Waals surface area contributed by atoms with Crippen molar-refractivity contribution in [2.45, 2.75) is 84.0 Å². The molecule has 4 saturated carbocycles. The second kappa shape index (κ2) is 10.4. The summed E-state index contributed by atoms with van der Waals surface area (Å²) in [6.45, 7) is 5.49. The van der Waals surface area contributed by atoms with Gasteiger partial charge >= 0.3 is 6.36 Å². The van der Waals surface area contributed by atoms with Crippen LogP contribution in [0.5, 0.6) is 5.75 Å². The fourth-order valence-corrected chi connectivity index (χ4v) is 9.40. The molecule has 0 radical (unpaired) electrons. The van der Waals surface area contributed by atoms with Gasteiger partial charge in [0, 0.05) is 25.3 Å². The summed E-state index contributed by atoms with van der Waals surface area (Å²) in [5.41, 5.74) is 0.588. The van der Waals surface area contributed by atoms with Crippen LogP contribution in [0.15, 0.2) is 24.3 Å². The van der Waals surface area contributed by atoms with Gasteiger partial charge in [-0.25, -0.2) is 0 Å². The van der Waals surface area contributed by atoms with Gasteiger partial charge in [-0.1, -0.05) is 6.92 Å². The third-order valence-electron chi connectivity index (χ3n) is 10.9. The Kier molecular flexibility index (Phi) is 7.56. The number of nitrogens with one attached hydrogen (secondary N) is 1. The Morgan fingerprint density at radius 1 is 1.03 bits per heavy atom. The van der Waals surface area contributed by atoms with E-state index in [1.165, 1.54) is 75.6 Å². The van der Waals surface area contributed by atoms with E-state index in [4.69, 9.17) is 4.74 Å². The molecule has 1 aromatic rings. The van der Waals surface area contributed by atoms with Crippen LogP contribution in [0.2, 0.25) is 0 Å². The van der Waals surface area contributed by atoms with E-state index in [-0.39, 0.29) is 23.1 Å². The van der Waals surface area contributed by atoms with Crippen LogP contribution < -0.4 is 10.1 Å². The number of rotatable bonds is 6. The summed E-state index contributed by atoms with van der Waals surface area (Å²) < 4.78 is 46.7. The first kappa shape index (κ1) is 26.8. The number of amides is 1. The third kappa shape index (κ3) is 5.39. The summed E-state index contributed by atoms with van der Waals surface area (Å²) in [5.74, 6) is 4.78. The van der Waals surface area contributed by atoms with Gasteiger partial charge < -0.3 is 14.8 Å². The minimum absolute atomic E-state index is 0.0194. The molecular formula is C30H42F3NO3. The number of ether oxygens (including phenoxy) is 2. The zero-order chi connectivity index (χ0) is 26.4. The van der Waals surface area contributed by atoms with Crippen LogP contribution in [0.3, 0.4) is 0 Å². The minimum Gasteiger partial charge on any atom is -0.406 e. The first-order valence-corrected chi connectivity index (χ1v) is 14.2. The molecule has 9 atom stereocenters. The Labute approximate surface area is 219 Å². The van der Waals surface area contributed by atoms with E-state index in [9.17, 15) is 18.0 Å². The molecule has 4 fully saturated rings. The third-order valence-corrected chi connectivity index (χ3v) is 10.9. The van der Waals surface area contributed by atoms with Crippen molar-refractivity contribution in [1.82, 2.24) is 5.32 Å².